The molecule has 1 heterocycles. The Hall–Kier alpha value is -0.860. The van der Waals surface area contributed by atoms with E-state index in [2.05, 4.69) is 23.8 Å². The number of aromatic nitrogens is 1. The van der Waals surface area contributed by atoms with Crippen LogP contribution in [-0.2, 0) is 6.54 Å². The van der Waals surface area contributed by atoms with E-state index in [1.807, 2.05) is 12.3 Å². The lowest BCUT2D eigenvalue weighted by Gasteiger charge is -2.05. The summed E-state index contributed by atoms with van der Waals surface area (Å²) < 4.78 is 0. The Balaban J connectivity index is 2.45. The van der Waals surface area contributed by atoms with Gasteiger partial charge in [0, 0.05) is 30.5 Å². The third kappa shape index (κ3) is 3.57. The van der Waals surface area contributed by atoms with E-state index >= 15 is 0 Å². The molecule has 0 saturated carbocycles. The minimum atomic E-state index is 0.626. The molecule has 0 fully saturated rings. The van der Waals surface area contributed by atoms with Crippen molar-refractivity contribution in [3.05, 3.63) is 41.2 Å². The van der Waals surface area contributed by atoms with Gasteiger partial charge in [0.1, 0.15) is 0 Å². The predicted octanol–water partition coefficient (Wildman–Crippen LogP) is 2.23. The fourth-order valence-corrected chi connectivity index (χ4v) is 1.11. The largest absolute Gasteiger partial charge is 0.308 e. The van der Waals surface area contributed by atoms with Crippen molar-refractivity contribution in [2.75, 3.05) is 6.54 Å². The second-order valence-corrected chi connectivity index (χ2v) is 3.46. The number of nitrogens with one attached hydrogen (secondary N) is 1. The lowest BCUT2D eigenvalue weighted by atomic mass is 10.1. The topological polar surface area (TPSA) is 24.9 Å². The normalized spacial score (nSPS) is 10.0. The van der Waals surface area contributed by atoms with E-state index in [0.717, 1.165) is 6.54 Å². The average Bonchev–Trinajstić information content (AvgIpc) is 2.08. The van der Waals surface area contributed by atoms with E-state index in [0.29, 0.717) is 11.6 Å². The van der Waals surface area contributed by atoms with E-state index in [9.17, 15) is 0 Å². The SMILES string of the molecule is C=C(Cl)CNCc1cnccc1C. The second-order valence-electron chi connectivity index (χ2n) is 2.92. The van der Waals surface area contributed by atoms with Crippen LogP contribution in [0, 0.1) is 6.92 Å². The number of halogens is 1. The summed E-state index contributed by atoms with van der Waals surface area (Å²) in [6.45, 7) is 7.08. The van der Waals surface area contributed by atoms with Gasteiger partial charge in [-0.3, -0.25) is 4.98 Å². The van der Waals surface area contributed by atoms with Crippen LogP contribution in [-0.4, -0.2) is 11.5 Å². The quantitative estimate of drug-likeness (QED) is 0.799. The molecule has 70 valence electrons. The molecule has 0 amide bonds. The van der Waals surface area contributed by atoms with Crippen molar-refractivity contribution in [1.82, 2.24) is 10.3 Å². The molecule has 0 unspecified atom stereocenters. The summed E-state index contributed by atoms with van der Waals surface area (Å²) in [7, 11) is 0. The first kappa shape index (κ1) is 10.2. The maximum absolute atomic E-state index is 5.61. The van der Waals surface area contributed by atoms with Crippen molar-refractivity contribution in [2.24, 2.45) is 0 Å². The Labute approximate surface area is 83.6 Å². The van der Waals surface area contributed by atoms with Crippen LogP contribution < -0.4 is 5.32 Å². The van der Waals surface area contributed by atoms with Crippen LogP contribution in [0.4, 0.5) is 0 Å². The molecular weight excluding hydrogens is 184 g/mol. The van der Waals surface area contributed by atoms with Crippen LogP contribution in [0.15, 0.2) is 30.1 Å². The van der Waals surface area contributed by atoms with Gasteiger partial charge >= 0.3 is 0 Å². The molecule has 0 radical (unpaired) electrons. The van der Waals surface area contributed by atoms with E-state index in [4.69, 9.17) is 11.6 Å². The first-order chi connectivity index (χ1) is 6.20. The van der Waals surface area contributed by atoms with E-state index in [-0.39, 0.29) is 0 Å². The molecule has 1 rings (SSSR count). The van der Waals surface area contributed by atoms with E-state index in [1.165, 1.54) is 11.1 Å². The highest BCUT2D eigenvalue weighted by Gasteiger charge is 1.96. The molecule has 0 atom stereocenters. The van der Waals surface area contributed by atoms with E-state index < -0.39 is 0 Å². The molecule has 3 heteroatoms. The highest BCUT2D eigenvalue weighted by Crippen LogP contribution is 2.04. The summed E-state index contributed by atoms with van der Waals surface area (Å²) in [6.07, 6.45) is 3.65. The van der Waals surface area contributed by atoms with Gasteiger partial charge in [-0.25, -0.2) is 0 Å². The number of hydrogen-bond acceptors (Lipinski definition) is 2. The maximum atomic E-state index is 5.61. The molecular formula is C10H13ClN2. The Morgan fingerprint density at radius 1 is 1.69 bits per heavy atom. The van der Waals surface area contributed by atoms with Crippen molar-refractivity contribution in [3.63, 3.8) is 0 Å². The van der Waals surface area contributed by atoms with Crippen molar-refractivity contribution in [3.8, 4) is 0 Å². The Bertz CT molecular complexity index is 297. The van der Waals surface area contributed by atoms with Crippen molar-refractivity contribution < 1.29 is 0 Å². The number of pyridine rings is 1. The van der Waals surface area contributed by atoms with Crippen LogP contribution in [0.25, 0.3) is 0 Å². The molecule has 1 aromatic rings. The third-order valence-corrected chi connectivity index (χ3v) is 1.91. The van der Waals surface area contributed by atoms with Gasteiger partial charge in [0.2, 0.25) is 0 Å². The molecule has 0 aliphatic rings. The fourth-order valence-electron chi connectivity index (χ4n) is 1.01. The molecule has 0 aliphatic heterocycles. The number of hydrogen-bond donors (Lipinski definition) is 1. The van der Waals surface area contributed by atoms with Crippen molar-refractivity contribution >= 4 is 11.6 Å². The molecule has 1 N–H and O–H groups in total. The van der Waals surface area contributed by atoms with Gasteiger partial charge in [0.15, 0.2) is 0 Å². The Morgan fingerprint density at radius 2 is 2.46 bits per heavy atom. The highest BCUT2D eigenvalue weighted by atomic mass is 35.5. The number of nitrogens with zero attached hydrogens (tertiary/aromatic N) is 1. The molecule has 13 heavy (non-hydrogen) atoms. The van der Waals surface area contributed by atoms with Gasteiger partial charge in [-0.15, -0.1) is 0 Å². The maximum Gasteiger partial charge on any atom is 0.0315 e. The lowest BCUT2D eigenvalue weighted by Crippen LogP contribution is -2.15. The molecule has 0 saturated heterocycles. The summed E-state index contributed by atoms with van der Waals surface area (Å²) in [5, 5.41) is 3.80. The summed E-state index contributed by atoms with van der Waals surface area (Å²) in [5.74, 6) is 0. The van der Waals surface area contributed by atoms with Crippen LogP contribution in [0.2, 0.25) is 0 Å². The third-order valence-electron chi connectivity index (χ3n) is 1.78. The van der Waals surface area contributed by atoms with Crippen LogP contribution >= 0.6 is 11.6 Å². The van der Waals surface area contributed by atoms with Gasteiger partial charge in [0.05, 0.1) is 0 Å². The molecule has 1 aromatic heterocycles. The van der Waals surface area contributed by atoms with Gasteiger partial charge < -0.3 is 5.32 Å². The average molecular weight is 197 g/mol. The predicted molar refractivity (Wildman–Crippen MR) is 55.7 cm³/mol. The summed E-state index contributed by atoms with van der Waals surface area (Å²) >= 11 is 5.61. The minimum absolute atomic E-state index is 0.626. The highest BCUT2D eigenvalue weighted by molar-refractivity contribution is 6.29. The first-order valence-electron chi connectivity index (χ1n) is 4.13. The Kier molecular flexibility index (Phi) is 3.93. The summed E-state index contributed by atoms with van der Waals surface area (Å²) in [6, 6.07) is 1.99. The van der Waals surface area contributed by atoms with Crippen LogP contribution in [0.3, 0.4) is 0 Å². The molecule has 0 bridgehead atoms. The minimum Gasteiger partial charge on any atom is -0.308 e. The molecule has 0 spiro atoms. The van der Waals surface area contributed by atoms with Gasteiger partial charge in [-0.05, 0) is 24.1 Å². The van der Waals surface area contributed by atoms with Crippen LogP contribution in [0.1, 0.15) is 11.1 Å². The second kappa shape index (κ2) is 5.00. The fraction of sp³-hybridized carbons (Fsp3) is 0.300. The molecule has 0 aliphatic carbocycles. The molecule has 2 nitrogen and oxygen atoms in total. The lowest BCUT2D eigenvalue weighted by molar-refractivity contribution is 0.748. The zero-order chi connectivity index (χ0) is 9.68. The van der Waals surface area contributed by atoms with E-state index in [1.54, 1.807) is 6.20 Å². The van der Waals surface area contributed by atoms with Gasteiger partial charge in [-0.2, -0.15) is 0 Å². The van der Waals surface area contributed by atoms with Crippen molar-refractivity contribution in [1.29, 1.82) is 0 Å². The summed E-state index contributed by atoms with van der Waals surface area (Å²) in [4.78, 5) is 4.05. The zero-order valence-corrected chi connectivity index (χ0v) is 8.43. The monoisotopic (exact) mass is 196 g/mol. The first-order valence-corrected chi connectivity index (χ1v) is 4.51. The zero-order valence-electron chi connectivity index (χ0n) is 7.68. The summed E-state index contributed by atoms with van der Waals surface area (Å²) in [5.41, 5.74) is 2.43. The van der Waals surface area contributed by atoms with Crippen LogP contribution in [0.5, 0.6) is 0 Å². The standard InChI is InChI=1S/C10H13ClN2/c1-8-3-4-12-6-10(8)7-13-5-9(2)11/h3-4,6,13H,2,5,7H2,1H3. The van der Waals surface area contributed by atoms with Gasteiger partial charge in [0.25, 0.3) is 0 Å². The Morgan fingerprint density at radius 3 is 3.08 bits per heavy atom. The van der Waals surface area contributed by atoms with Gasteiger partial charge in [-0.1, -0.05) is 18.2 Å². The van der Waals surface area contributed by atoms with Crippen molar-refractivity contribution in [2.45, 2.75) is 13.5 Å². The number of aryl methyl sites for hydroxylation is 1. The number of rotatable bonds is 4. The molecule has 0 aromatic carbocycles. The smallest absolute Gasteiger partial charge is 0.0315 e.